The molecule has 0 bridgehead atoms. The van der Waals surface area contributed by atoms with Gasteiger partial charge in [-0.25, -0.2) is 0 Å². The summed E-state index contributed by atoms with van der Waals surface area (Å²) < 4.78 is 1.52. The van der Waals surface area contributed by atoms with E-state index in [9.17, 15) is 9.90 Å². The minimum absolute atomic E-state index is 0.0332. The van der Waals surface area contributed by atoms with Gasteiger partial charge in [-0.2, -0.15) is 0 Å². The van der Waals surface area contributed by atoms with Crippen LogP contribution in [0, 0.1) is 0 Å². The summed E-state index contributed by atoms with van der Waals surface area (Å²) in [6, 6.07) is 2.99. The van der Waals surface area contributed by atoms with Crippen LogP contribution in [0.1, 0.15) is 18.4 Å². The SMILES string of the molecule is C=C(O)c1ccc(=O)n(C2=CCCC=C2)c1. The van der Waals surface area contributed by atoms with Gasteiger partial charge in [0.05, 0.1) is 0 Å². The van der Waals surface area contributed by atoms with Crippen molar-refractivity contribution in [3.05, 3.63) is 59.1 Å². The summed E-state index contributed by atoms with van der Waals surface area (Å²) in [6.45, 7) is 3.44. The van der Waals surface area contributed by atoms with Crippen LogP contribution in [0.15, 0.2) is 47.9 Å². The van der Waals surface area contributed by atoms with Crippen molar-refractivity contribution in [3.63, 3.8) is 0 Å². The molecule has 0 fully saturated rings. The van der Waals surface area contributed by atoms with E-state index in [1.165, 1.54) is 10.6 Å². The Labute approximate surface area is 93.7 Å². The lowest BCUT2D eigenvalue weighted by atomic mass is 10.1. The fourth-order valence-corrected chi connectivity index (χ4v) is 1.64. The maximum atomic E-state index is 11.7. The summed E-state index contributed by atoms with van der Waals surface area (Å²) in [5, 5.41) is 9.29. The zero-order chi connectivity index (χ0) is 11.5. The quantitative estimate of drug-likeness (QED) is 0.770. The molecule has 1 aliphatic carbocycles. The normalized spacial score (nSPS) is 14.6. The third kappa shape index (κ3) is 1.98. The van der Waals surface area contributed by atoms with Gasteiger partial charge in [-0.15, -0.1) is 0 Å². The second-order valence-electron chi connectivity index (χ2n) is 3.68. The third-order valence-corrected chi connectivity index (χ3v) is 2.50. The number of aromatic nitrogens is 1. The average Bonchev–Trinajstić information content (AvgIpc) is 2.30. The zero-order valence-electron chi connectivity index (χ0n) is 8.89. The second-order valence-corrected chi connectivity index (χ2v) is 3.68. The van der Waals surface area contributed by atoms with Crippen molar-refractivity contribution < 1.29 is 5.11 Å². The molecule has 1 aromatic rings. The van der Waals surface area contributed by atoms with Gasteiger partial charge in [0, 0.05) is 23.5 Å². The molecule has 0 aliphatic heterocycles. The molecule has 1 N–H and O–H groups in total. The van der Waals surface area contributed by atoms with E-state index >= 15 is 0 Å². The van der Waals surface area contributed by atoms with Crippen LogP contribution in [-0.4, -0.2) is 9.67 Å². The van der Waals surface area contributed by atoms with Crippen LogP contribution in [0.2, 0.25) is 0 Å². The van der Waals surface area contributed by atoms with Crippen LogP contribution in [0.4, 0.5) is 0 Å². The van der Waals surface area contributed by atoms with Crippen LogP contribution in [0.25, 0.3) is 11.5 Å². The highest BCUT2D eigenvalue weighted by Crippen LogP contribution is 2.15. The van der Waals surface area contributed by atoms with Gasteiger partial charge in [0.2, 0.25) is 0 Å². The van der Waals surface area contributed by atoms with Gasteiger partial charge in [0.15, 0.2) is 0 Å². The molecule has 3 nitrogen and oxygen atoms in total. The lowest BCUT2D eigenvalue weighted by molar-refractivity contribution is 0.513. The Morgan fingerprint density at radius 1 is 1.38 bits per heavy atom. The van der Waals surface area contributed by atoms with E-state index in [1.54, 1.807) is 12.3 Å². The minimum atomic E-state index is -0.109. The molecule has 0 saturated heterocycles. The van der Waals surface area contributed by atoms with Crippen LogP contribution in [0.5, 0.6) is 0 Å². The monoisotopic (exact) mass is 215 g/mol. The Morgan fingerprint density at radius 2 is 2.19 bits per heavy atom. The van der Waals surface area contributed by atoms with Gasteiger partial charge in [-0.1, -0.05) is 18.7 Å². The largest absolute Gasteiger partial charge is 0.508 e. The molecule has 0 atom stereocenters. The van der Waals surface area contributed by atoms with E-state index in [4.69, 9.17) is 0 Å². The fraction of sp³-hybridized carbons (Fsp3) is 0.154. The number of hydrogen-bond donors (Lipinski definition) is 1. The number of aliphatic hydroxyl groups excluding tert-OH is 1. The summed E-state index contributed by atoms with van der Waals surface area (Å²) in [4.78, 5) is 11.7. The standard InChI is InChI=1S/C13H13NO2/c1-10(15)11-7-8-13(16)14(9-11)12-5-3-2-4-6-12/h3,5-9,15H,1-2,4H2. The van der Waals surface area contributed by atoms with Crippen LogP contribution in [-0.2, 0) is 0 Å². The molecule has 2 rings (SSSR count). The summed E-state index contributed by atoms with van der Waals surface area (Å²) >= 11 is 0. The first kappa shape index (κ1) is 10.5. The van der Waals surface area contributed by atoms with Crippen molar-refractivity contribution in [1.29, 1.82) is 0 Å². The van der Waals surface area contributed by atoms with Gasteiger partial charge in [-0.05, 0) is 25.0 Å². The molecule has 0 amide bonds. The Kier molecular flexibility index (Phi) is 2.77. The van der Waals surface area contributed by atoms with Crippen molar-refractivity contribution in [2.75, 3.05) is 0 Å². The van der Waals surface area contributed by atoms with Crippen LogP contribution >= 0.6 is 0 Å². The summed E-state index contributed by atoms with van der Waals surface area (Å²) in [6.07, 6.45) is 9.49. The first-order valence-corrected chi connectivity index (χ1v) is 5.16. The molecule has 3 heteroatoms. The van der Waals surface area contributed by atoms with Crippen molar-refractivity contribution in [2.24, 2.45) is 0 Å². The lowest BCUT2D eigenvalue weighted by Gasteiger charge is -2.11. The molecular weight excluding hydrogens is 202 g/mol. The highest BCUT2D eigenvalue weighted by Gasteiger charge is 2.05. The predicted octanol–water partition coefficient (Wildman–Crippen LogP) is 2.57. The Bertz CT molecular complexity index is 535. The van der Waals surface area contributed by atoms with Crippen molar-refractivity contribution in [3.8, 4) is 0 Å². The van der Waals surface area contributed by atoms with Crippen LogP contribution in [0.3, 0.4) is 0 Å². The van der Waals surface area contributed by atoms with E-state index in [0.29, 0.717) is 5.56 Å². The Morgan fingerprint density at radius 3 is 2.81 bits per heavy atom. The molecule has 1 heterocycles. The predicted molar refractivity (Wildman–Crippen MR) is 65.0 cm³/mol. The first-order valence-electron chi connectivity index (χ1n) is 5.16. The van der Waals surface area contributed by atoms with Crippen molar-refractivity contribution in [2.45, 2.75) is 12.8 Å². The molecule has 82 valence electrons. The Hall–Kier alpha value is -2.03. The van der Waals surface area contributed by atoms with Crippen LogP contribution < -0.4 is 5.56 Å². The van der Waals surface area contributed by atoms with E-state index in [1.807, 2.05) is 18.2 Å². The van der Waals surface area contributed by atoms with Gasteiger partial charge < -0.3 is 5.11 Å². The molecular formula is C13H13NO2. The molecule has 0 spiro atoms. The third-order valence-electron chi connectivity index (χ3n) is 2.50. The van der Waals surface area contributed by atoms with Gasteiger partial charge in [0.25, 0.3) is 5.56 Å². The maximum absolute atomic E-state index is 11.7. The number of rotatable bonds is 2. The van der Waals surface area contributed by atoms with E-state index in [0.717, 1.165) is 18.5 Å². The van der Waals surface area contributed by atoms with Gasteiger partial charge >= 0.3 is 0 Å². The number of pyridine rings is 1. The summed E-state index contributed by atoms with van der Waals surface area (Å²) in [5.74, 6) is -0.0332. The highest BCUT2D eigenvalue weighted by atomic mass is 16.3. The number of aliphatic hydroxyl groups is 1. The zero-order valence-corrected chi connectivity index (χ0v) is 8.89. The Balaban J connectivity index is 2.51. The van der Waals surface area contributed by atoms with E-state index in [2.05, 4.69) is 6.58 Å². The fourth-order valence-electron chi connectivity index (χ4n) is 1.64. The molecule has 1 aromatic heterocycles. The highest BCUT2D eigenvalue weighted by molar-refractivity contribution is 5.61. The molecule has 0 aromatic carbocycles. The van der Waals surface area contributed by atoms with E-state index in [-0.39, 0.29) is 11.3 Å². The number of nitrogens with zero attached hydrogens (tertiary/aromatic N) is 1. The minimum Gasteiger partial charge on any atom is -0.508 e. The van der Waals surface area contributed by atoms with Gasteiger partial charge in [-0.3, -0.25) is 9.36 Å². The average molecular weight is 215 g/mol. The number of allylic oxidation sites excluding steroid dienone is 4. The molecule has 0 unspecified atom stereocenters. The summed E-state index contributed by atoms with van der Waals surface area (Å²) in [5.41, 5.74) is 1.29. The van der Waals surface area contributed by atoms with Crippen molar-refractivity contribution >= 4 is 11.5 Å². The molecule has 16 heavy (non-hydrogen) atoms. The van der Waals surface area contributed by atoms with Crippen molar-refractivity contribution in [1.82, 2.24) is 4.57 Å². The smallest absolute Gasteiger partial charge is 0.255 e. The lowest BCUT2D eigenvalue weighted by Crippen LogP contribution is -2.18. The second kappa shape index (κ2) is 4.23. The molecule has 1 aliphatic rings. The topological polar surface area (TPSA) is 42.2 Å². The maximum Gasteiger partial charge on any atom is 0.255 e. The molecule has 0 saturated carbocycles. The summed E-state index contributed by atoms with van der Waals surface area (Å²) in [7, 11) is 0. The first-order chi connectivity index (χ1) is 7.68. The van der Waals surface area contributed by atoms with E-state index < -0.39 is 0 Å². The van der Waals surface area contributed by atoms with Gasteiger partial charge in [0.1, 0.15) is 5.76 Å². The number of hydrogen-bond acceptors (Lipinski definition) is 2. The molecule has 0 radical (unpaired) electrons.